The number of methoxy groups -OCH3 is 1. The Labute approximate surface area is 129 Å². The monoisotopic (exact) mass is 313 g/mol. The number of carboxylic acid groups (broad SMARTS) is 1. The fraction of sp³-hybridized carbons (Fsp3) is 0.467. The van der Waals surface area contributed by atoms with Crippen LogP contribution in [0, 0.1) is 0 Å². The number of hydrogen-bond donors (Lipinski definition) is 1. The van der Waals surface area contributed by atoms with Crippen LogP contribution in [0.1, 0.15) is 37.6 Å². The van der Waals surface area contributed by atoms with Crippen molar-refractivity contribution in [3.05, 3.63) is 28.8 Å². The molecule has 0 radical (unpaired) electrons. The lowest BCUT2D eigenvalue weighted by atomic mass is 10.0. The SMILES string of the molecule is COc1ccc(Cl)cc1C(=O)N(CCC(=O)O)C(C)(C)C. The zero-order chi connectivity index (χ0) is 16.2. The number of aliphatic carboxylic acids is 1. The van der Waals surface area contributed by atoms with Gasteiger partial charge in [-0.05, 0) is 39.0 Å². The number of carboxylic acids is 1. The molecule has 1 rings (SSSR count). The third-order valence-electron chi connectivity index (χ3n) is 3.00. The Bertz CT molecular complexity index is 537. The smallest absolute Gasteiger partial charge is 0.305 e. The van der Waals surface area contributed by atoms with E-state index in [9.17, 15) is 9.59 Å². The third kappa shape index (κ3) is 4.63. The Hall–Kier alpha value is -1.75. The van der Waals surface area contributed by atoms with Crippen LogP contribution in [0.15, 0.2) is 18.2 Å². The van der Waals surface area contributed by atoms with Crippen LogP contribution < -0.4 is 4.74 Å². The number of benzene rings is 1. The predicted molar refractivity (Wildman–Crippen MR) is 81.0 cm³/mol. The Morgan fingerprint density at radius 2 is 1.95 bits per heavy atom. The fourth-order valence-electron chi connectivity index (χ4n) is 1.94. The summed E-state index contributed by atoms with van der Waals surface area (Å²) >= 11 is 5.94. The van der Waals surface area contributed by atoms with Gasteiger partial charge in [0.15, 0.2) is 0 Å². The van der Waals surface area contributed by atoms with Crippen molar-refractivity contribution in [2.45, 2.75) is 32.7 Å². The minimum atomic E-state index is -0.949. The van der Waals surface area contributed by atoms with Gasteiger partial charge in [-0.3, -0.25) is 9.59 Å². The van der Waals surface area contributed by atoms with Crippen molar-refractivity contribution in [1.29, 1.82) is 0 Å². The van der Waals surface area contributed by atoms with Crippen LogP contribution in [-0.4, -0.2) is 41.1 Å². The maximum atomic E-state index is 12.7. The number of hydrogen-bond acceptors (Lipinski definition) is 3. The average Bonchev–Trinajstić information content (AvgIpc) is 2.36. The fourth-order valence-corrected chi connectivity index (χ4v) is 2.11. The van der Waals surface area contributed by atoms with Crippen LogP contribution >= 0.6 is 11.6 Å². The van der Waals surface area contributed by atoms with Gasteiger partial charge in [-0.25, -0.2) is 0 Å². The van der Waals surface area contributed by atoms with E-state index in [1.165, 1.54) is 18.1 Å². The van der Waals surface area contributed by atoms with Crippen molar-refractivity contribution in [2.24, 2.45) is 0 Å². The van der Waals surface area contributed by atoms with Crippen LogP contribution in [0.3, 0.4) is 0 Å². The molecule has 1 aromatic carbocycles. The quantitative estimate of drug-likeness (QED) is 0.907. The van der Waals surface area contributed by atoms with Crippen molar-refractivity contribution in [1.82, 2.24) is 4.90 Å². The summed E-state index contributed by atoms with van der Waals surface area (Å²) in [6.07, 6.45) is -0.119. The molecule has 5 nitrogen and oxygen atoms in total. The zero-order valence-corrected chi connectivity index (χ0v) is 13.4. The molecule has 1 aromatic rings. The second kappa shape index (κ2) is 6.80. The van der Waals surface area contributed by atoms with E-state index in [0.29, 0.717) is 16.3 Å². The normalized spacial score (nSPS) is 11.1. The van der Waals surface area contributed by atoms with E-state index in [1.54, 1.807) is 12.1 Å². The number of carbonyl (C=O) groups is 2. The third-order valence-corrected chi connectivity index (χ3v) is 3.23. The molecule has 0 spiro atoms. The number of rotatable bonds is 5. The van der Waals surface area contributed by atoms with E-state index in [-0.39, 0.29) is 18.9 Å². The van der Waals surface area contributed by atoms with E-state index in [0.717, 1.165) is 0 Å². The molecule has 0 fully saturated rings. The first kappa shape index (κ1) is 17.3. The predicted octanol–water partition coefficient (Wildman–Crippen LogP) is 3.06. The lowest BCUT2D eigenvalue weighted by Gasteiger charge is -2.35. The summed E-state index contributed by atoms with van der Waals surface area (Å²) in [5, 5.41) is 9.26. The first-order chi connectivity index (χ1) is 9.66. The standard InChI is InChI=1S/C15H20ClNO4/c1-15(2,3)17(8-7-13(18)19)14(20)11-9-10(16)5-6-12(11)21-4/h5-6,9H,7-8H2,1-4H3,(H,18,19). The highest BCUT2D eigenvalue weighted by Crippen LogP contribution is 2.27. The van der Waals surface area contributed by atoms with Gasteiger partial charge in [-0.2, -0.15) is 0 Å². The molecule has 0 aliphatic heterocycles. The Morgan fingerprint density at radius 1 is 1.33 bits per heavy atom. The average molecular weight is 314 g/mol. The minimum absolute atomic E-state index is 0.118. The zero-order valence-electron chi connectivity index (χ0n) is 12.6. The molecule has 0 saturated carbocycles. The lowest BCUT2D eigenvalue weighted by Crippen LogP contribution is -2.46. The van der Waals surface area contributed by atoms with Gasteiger partial charge in [0.25, 0.3) is 5.91 Å². The van der Waals surface area contributed by atoms with Crippen LogP contribution in [-0.2, 0) is 4.79 Å². The minimum Gasteiger partial charge on any atom is -0.496 e. The molecule has 1 N–H and O–H groups in total. The molecule has 116 valence electrons. The van der Waals surface area contributed by atoms with E-state index < -0.39 is 11.5 Å². The van der Waals surface area contributed by atoms with Gasteiger partial charge in [0.05, 0.1) is 19.1 Å². The van der Waals surface area contributed by atoms with Gasteiger partial charge in [-0.15, -0.1) is 0 Å². The van der Waals surface area contributed by atoms with Gasteiger partial charge in [0.1, 0.15) is 5.75 Å². The van der Waals surface area contributed by atoms with E-state index in [4.69, 9.17) is 21.4 Å². The number of ether oxygens (including phenoxy) is 1. The van der Waals surface area contributed by atoms with Gasteiger partial charge in [0, 0.05) is 17.1 Å². The van der Waals surface area contributed by atoms with Crippen LogP contribution in [0.4, 0.5) is 0 Å². The van der Waals surface area contributed by atoms with E-state index in [1.807, 2.05) is 20.8 Å². The van der Waals surface area contributed by atoms with Gasteiger partial charge < -0.3 is 14.7 Å². The van der Waals surface area contributed by atoms with Crippen LogP contribution in [0.25, 0.3) is 0 Å². The van der Waals surface area contributed by atoms with Crippen molar-refractivity contribution >= 4 is 23.5 Å². The number of carbonyl (C=O) groups excluding carboxylic acids is 1. The first-order valence-corrected chi connectivity index (χ1v) is 6.92. The molecular formula is C15H20ClNO4. The summed E-state index contributed by atoms with van der Waals surface area (Å²) in [6, 6.07) is 4.78. The highest BCUT2D eigenvalue weighted by molar-refractivity contribution is 6.31. The number of nitrogens with zero attached hydrogens (tertiary/aromatic N) is 1. The van der Waals surface area contributed by atoms with Gasteiger partial charge in [-0.1, -0.05) is 11.6 Å². The molecule has 0 atom stereocenters. The molecule has 0 aliphatic carbocycles. The molecule has 0 aliphatic rings. The number of amides is 1. The van der Waals surface area contributed by atoms with E-state index in [2.05, 4.69) is 0 Å². The maximum Gasteiger partial charge on any atom is 0.305 e. The lowest BCUT2D eigenvalue weighted by molar-refractivity contribution is -0.137. The molecule has 0 bridgehead atoms. The van der Waals surface area contributed by atoms with Crippen molar-refractivity contribution in [3.8, 4) is 5.75 Å². The summed E-state index contributed by atoms with van der Waals surface area (Å²) in [6.45, 7) is 5.67. The molecule has 0 heterocycles. The summed E-state index contributed by atoms with van der Waals surface area (Å²) in [5.41, 5.74) is -0.190. The Morgan fingerprint density at radius 3 is 2.43 bits per heavy atom. The second-order valence-corrected chi connectivity index (χ2v) is 6.05. The van der Waals surface area contributed by atoms with Crippen molar-refractivity contribution < 1.29 is 19.4 Å². The topological polar surface area (TPSA) is 66.8 Å². The molecule has 21 heavy (non-hydrogen) atoms. The molecule has 0 aromatic heterocycles. The first-order valence-electron chi connectivity index (χ1n) is 6.54. The maximum absolute atomic E-state index is 12.7. The molecule has 1 amide bonds. The Kier molecular flexibility index (Phi) is 5.61. The van der Waals surface area contributed by atoms with Crippen molar-refractivity contribution in [2.75, 3.05) is 13.7 Å². The second-order valence-electron chi connectivity index (χ2n) is 5.62. The summed E-state index contributed by atoms with van der Waals surface area (Å²) in [4.78, 5) is 25.0. The molecule has 0 unspecified atom stereocenters. The van der Waals surface area contributed by atoms with Gasteiger partial charge >= 0.3 is 5.97 Å². The van der Waals surface area contributed by atoms with E-state index >= 15 is 0 Å². The van der Waals surface area contributed by atoms with Crippen LogP contribution in [0.5, 0.6) is 5.75 Å². The molecular weight excluding hydrogens is 294 g/mol. The van der Waals surface area contributed by atoms with Crippen molar-refractivity contribution in [3.63, 3.8) is 0 Å². The highest BCUT2D eigenvalue weighted by atomic mass is 35.5. The molecule has 0 saturated heterocycles. The molecule has 6 heteroatoms. The largest absolute Gasteiger partial charge is 0.496 e. The highest BCUT2D eigenvalue weighted by Gasteiger charge is 2.29. The van der Waals surface area contributed by atoms with Gasteiger partial charge in [0.2, 0.25) is 0 Å². The van der Waals surface area contributed by atoms with Crippen LogP contribution in [0.2, 0.25) is 5.02 Å². The Balaban J connectivity index is 3.16. The summed E-state index contributed by atoms with van der Waals surface area (Å²) in [5.74, 6) is -0.841. The summed E-state index contributed by atoms with van der Waals surface area (Å²) in [7, 11) is 1.47. The number of halogens is 1. The summed E-state index contributed by atoms with van der Waals surface area (Å²) < 4.78 is 5.19.